The highest BCUT2D eigenvalue weighted by Gasteiger charge is 2.18. The predicted molar refractivity (Wildman–Crippen MR) is 133 cm³/mol. The molecule has 0 aliphatic heterocycles. The van der Waals surface area contributed by atoms with Crippen molar-refractivity contribution in [3.8, 4) is 11.8 Å². The number of likely N-dealkylation sites (N-methyl/N-ethyl adjacent to an activating group) is 1. The monoisotopic (exact) mass is 443 g/mol. The summed E-state index contributed by atoms with van der Waals surface area (Å²) in [4.78, 5) is 19.2. The van der Waals surface area contributed by atoms with E-state index in [-0.39, 0.29) is 5.91 Å². The molecule has 7 heteroatoms. The maximum Gasteiger partial charge on any atom is 0.248 e. The van der Waals surface area contributed by atoms with Crippen LogP contribution in [0.3, 0.4) is 0 Å². The highest BCUT2D eigenvalue weighted by molar-refractivity contribution is 6.05. The second-order valence-electron chi connectivity index (χ2n) is 7.72. The number of pyridine rings is 1. The largest absolute Gasteiger partial charge is 0.492 e. The van der Waals surface area contributed by atoms with Crippen LogP contribution in [-0.2, 0) is 11.2 Å². The lowest BCUT2D eigenvalue weighted by Gasteiger charge is -2.17. The zero-order chi connectivity index (χ0) is 23.8. The predicted octanol–water partition coefficient (Wildman–Crippen LogP) is 4.87. The number of benzene rings is 2. The van der Waals surface area contributed by atoms with Gasteiger partial charge in [-0.05, 0) is 45.6 Å². The molecule has 0 fully saturated rings. The molecule has 0 spiro atoms. The molecule has 1 heterocycles. The summed E-state index contributed by atoms with van der Waals surface area (Å²) in [5.41, 5.74) is 3.92. The number of aromatic nitrogens is 1. The van der Waals surface area contributed by atoms with Crippen LogP contribution in [0.1, 0.15) is 25.1 Å². The van der Waals surface area contributed by atoms with E-state index in [1.165, 1.54) is 6.08 Å². The molecule has 0 saturated heterocycles. The first-order chi connectivity index (χ1) is 16.0. The number of anilines is 3. The van der Waals surface area contributed by atoms with Gasteiger partial charge in [0.25, 0.3) is 0 Å². The molecule has 0 radical (unpaired) electrons. The maximum atomic E-state index is 12.5. The molecule has 33 heavy (non-hydrogen) atoms. The molecular formula is C26H29N5O2. The Hall–Kier alpha value is -3.89. The smallest absolute Gasteiger partial charge is 0.248 e. The summed E-state index contributed by atoms with van der Waals surface area (Å²) in [7, 11) is 3.87. The molecule has 1 aromatic heterocycles. The minimum atomic E-state index is -0.256. The van der Waals surface area contributed by atoms with Gasteiger partial charge in [-0.1, -0.05) is 31.2 Å². The fraction of sp³-hybridized carbons (Fsp3) is 0.269. The first-order valence-electron chi connectivity index (χ1n) is 10.9. The van der Waals surface area contributed by atoms with Gasteiger partial charge in [-0.3, -0.25) is 9.78 Å². The second-order valence-corrected chi connectivity index (χ2v) is 7.72. The number of para-hydroxylation sites is 1. The van der Waals surface area contributed by atoms with Crippen molar-refractivity contribution in [2.24, 2.45) is 0 Å². The van der Waals surface area contributed by atoms with Gasteiger partial charge in [0.1, 0.15) is 11.8 Å². The lowest BCUT2D eigenvalue weighted by Crippen LogP contribution is -2.13. The first-order valence-corrected chi connectivity index (χ1v) is 10.9. The number of nitriles is 1. The molecule has 0 unspecified atom stereocenters. The Morgan fingerprint density at radius 3 is 2.61 bits per heavy atom. The van der Waals surface area contributed by atoms with Crippen molar-refractivity contribution in [2.45, 2.75) is 20.3 Å². The molecule has 7 nitrogen and oxygen atoms in total. The van der Waals surface area contributed by atoms with Crippen LogP contribution in [0.25, 0.3) is 10.9 Å². The number of ether oxygens (including phenoxy) is 1. The van der Waals surface area contributed by atoms with Crippen LogP contribution in [-0.4, -0.2) is 43.0 Å². The van der Waals surface area contributed by atoms with E-state index >= 15 is 0 Å². The molecule has 170 valence electrons. The number of nitrogens with one attached hydrogen (secondary N) is 2. The first kappa shape index (κ1) is 23.8. The van der Waals surface area contributed by atoms with Gasteiger partial charge in [0.15, 0.2) is 0 Å². The highest BCUT2D eigenvalue weighted by Crippen LogP contribution is 2.37. The minimum Gasteiger partial charge on any atom is -0.492 e. The summed E-state index contributed by atoms with van der Waals surface area (Å²) in [5.74, 6) is 0.276. The van der Waals surface area contributed by atoms with Crippen molar-refractivity contribution in [2.75, 3.05) is 37.9 Å². The van der Waals surface area contributed by atoms with E-state index < -0.39 is 0 Å². The minimum absolute atomic E-state index is 0.256. The summed E-state index contributed by atoms with van der Waals surface area (Å²) in [6.07, 6.45) is 3.91. The zero-order valence-electron chi connectivity index (χ0n) is 19.5. The van der Waals surface area contributed by atoms with Gasteiger partial charge < -0.3 is 20.3 Å². The van der Waals surface area contributed by atoms with Crippen LogP contribution in [0.2, 0.25) is 0 Å². The average Bonchev–Trinajstić information content (AvgIpc) is 2.80. The third-order valence-corrected chi connectivity index (χ3v) is 4.95. The van der Waals surface area contributed by atoms with Crippen molar-refractivity contribution in [3.63, 3.8) is 0 Å². The fourth-order valence-corrected chi connectivity index (χ4v) is 3.43. The Bertz CT molecular complexity index is 1200. The van der Waals surface area contributed by atoms with Crippen LogP contribution in [0, 0.1) is 11.3 Å². The van der Waals surface area contributed by atoms with Crippen molar-refractivity contribution in [3.05, 3.63) is 65.9 Å². The number of carbonyl (C=O) groups excluding carboxylic acids is 1. The van der Waals surface area contributed by atoms with E-state index in [4.69, 9.17) is 9.72 Å². The molecule has 0 aliphatic carbocycles. The molecule has 3 rings (SSSR count). The Morgan fingerprint density at radius 2 is 1.97 bits per heavy atom. The number of rotatable bonds is 9. The van der Waals surface area contributed by atoms with Crippen molar-refractivity contribution in [1.29, 1.82) is 5.26 Å². The van der Waals surface area contributed by atoms with Crippen LogP contribution in [0.4, 0.5) is 17.1 Å². The standard InChI is InChI=1S/C26H29N5O2/c1-5-21-20(17-27)26(28-18-11-8-7-9-12-18)19-15-23(24(33-6-2)16-22(19)29-21)30-25(32)13-10-14-31(3)4/h7-13,15-16H,5-6,14H2,1-4H3,(H,28,29)(H,30,32)/b13-10+. The van der Waals surface area contributed by atoms with Gasteiger partial charge in [-0.25, -0.2) is 0 Å². The SMILES string of the molecule is CCOc1cc2nc(CC)c(C#N)c(Nc3ccccc3)c2cc1NC(=O)/C=C/CN(C)C. The molecule has 0 bridgehead atoms. The summed E-state index contributed by atoms with van der Waals surface area (Å²) >= 11 is 0. The van der Waals surface area contributed by atoms with Gasteiger partial charge in [0.2, 0.25) is 5.91 Å². The summed E-state index contributed by atoms with van der Waals surface area (Å²) < 4.78 is 5.80. The quantitative estimate of drug-likeness (QED) is 0.459. The molecule has 0 atom stereocenters. The molecule has 3 aromatic rings. The topological polar surface area (TPSA) is 90.3 Å². The Morgan fingerprint density at radius 1 is 1.21 bits per heavy atom. The van der Waals surface area contributed by atoms with E-state index in [1.807, 2.05) is 75.3 Å². The van der Waals surface area contributed by atoms with E-state index in [0.29, 0.717) is 53.5 Å². The molecule has 2 aromatic carbocycles. The summed E-state index contributed by atoms with van der Waals surface area (Å²) in [6.45, 7) is 4.96. The van der Waals surface area contributed by atoms with Gasteiger partial charge in [-0.2, -0.15) is 5.26 Å². The zero-order valence-corrected chi connectivity index (χ0v) is 19.5. The lowest BCUT2D eigenvalue weighted by atomic mass is 10.0. The second kappa shape index (κ2) is 11.1. The van der Waals surface area contributed by atoms with Crippen molar-refractivity contribution < 1.29 is 9.53 Å². The Kier molecular flexibility index (Phi) is 8.01. The number of aryl methyl sites for hydroxylation is 1. The summed E-state index contributed by atoms with van der Waals surface area (Å²) in [6, 6.07) is 15.6. The molecule has 2 N–H and O–H groups in total. The van der Waals surface area contributed by atoms with Crippen LogP contribution >= 0.6 is 0 Å². The number of fused-ring (bicyclic) bond motifs is 1. The Labute approximate surface area is 194 Å². The number of nitrogens with zero attached hydrogens (tertiary/aromatic N) is 3. The van der Waals surface area contributed by atoms with E-state index in [1.54, 1.807) is 6.08 Å². The van der Waals surface area contributed by atoms with E-state index in [2.05, 4.69) is 16.7 Å². The van der Waals surface area contributed by atoms with Crippen LogP contribution in [0.15, 0.2) is 54.6 Å². The molecule has 0 aliphatic rings. The van der Waals surface area contributed by atoms with Gasteiger partial charge >= 0.3 is 0 Å². The van der Waals surface area contributed by atoms with Gasteiger partial charge in [0, 0.05) is 29.8 Å². The van der Waals surface area contributed by atoms with Crippen LogP contribution < -0.4 is 15.4 Å². The van der Waals surface area contributed by atoms with Gasteiger partial charge in [0.05, 0.1) is 34.8 Å². The maximum absolute atomic E-state index is 12.5. The van der Waals surface area contributed by atoms with E-state index in [0.717, 1.165) is 11.1 Å². The number of hydrogen-bond donors (Lipinski definition) is 2. The Balaban J connectivity index is 2.14. The van der Waals surface area contributed by atoms with Crippen molar-refractivity contribution >= 4 is 33.9 Å². The average molecular weight is 444 g/mol. The highest BCUT2D eigenvalue weighted by atomic mass is 16.5. The number of hydrogen-bond acceptors (Lipinski definition) is 6. The normalized spacial score (nSPS) is 11.0. The number of amides is 1. The third kappa shape index (κ3) is 5.88. The number of carbonyl (C=O) groups is 1. The molecule has 0 saturated carbocycles. The molecule has 1 amide bonds. The summed E-state index contributed by atoms with van der Waals surface area (Å²) in [5, 5.41) is 16.9. The van der Waals surface area contributed by atoms with Crippen LogP contribution in [0.5, 0.6) is 5.75 Å². The fourth-order valence-electron chi connectivity index (χ4n) is 3.43. The lowest BCUT2D eigenvalue weighted by molar-refractivity contribution is -0.111. The molecular weight excluding hydrogens is 414 g/mol. The van der Waals surface area contributed by atoms with Gasteiger partial charge in [-0.15, -0.1) is 0 Å². The van der Waals surface area contributed by atoms with Crippen molar-refractivity contribution in [1.82, 2.24) is 9.88 Å². The van der Waals surface area contributed by atoms with E-state index in [9.17, 15) is 10.1 Å². The third-order valence-electron chi connectivity index (χ3n) is 4.95.